The zero-order valence-corrected chi connectivity index (χ0v) is 13.1. The average Bonchev–Trinajstić information content (AvgIpc) is 3.31. The van der Waals surface area contributed by atoms with Gasteiger partial charge in [-0.25, -0.2) is 15.8 Å². The van der Waals surface area contributed by atoms with E-state index in [0.29, 0.717) is 18.5 Å². The molecule has 1 fully saturated rings. The van der Waals surface area contributed by atoms with Crippen molar-refractivity contribution in [3.05, 3.63) is 6.07 Å². The number of hydrogen-bond donors (Lipinski definition) is 2. The zero-order chi connectivity index (χ0) is 14.5. The predicted octanol–water partition coefficient (Wildman–Crippen LogP) is 1.74. The Hall–Kier alpha value is -1.05. The summed E-state index contributed by atoms with van der Waals surface area (Å²) in [6.07, 6.45) is 4.56. The van der Waals surface area contributed by atoms with Gasteiger partial charge in [-0.1, -0.05) is 11.8 Å². The quantitative estimate of drug-likeness (QED) is 0.327. The van der Waals surface area contributed by atoms with Crippen molar-refractivity contribution in [2.45, 2.75) is 31.0 Å². The van der Waals surface area contributed by atoms with Crippen molar-refractivity contribution in [3.63, 3.8) is 0 Å². The topological polar surface area (TPSA) is 76.3 Å². The predicted molar refractivity (Wildman–Crippen MR) is 83.0 cm³/mol. The molecule has 0 spiro atoms. The second kappa shape index (κ2) is 7.10. The van der Waals surface area contributed by atoms with Crippen LogP contribution in [0.3, 0.4) is 0 Å². The Morgan fingerprint density at radius 3 is 2.85 bits per heavy atom. The molecule has 2 rings (SSSR count). The molecule has 6 nitrogen and oxygen atoms in total. The highest BCUT2D eigenvalue weighted by atomic mass is 32.2. The first-order valence-electron chi connectivity index (χ1n) is 6.84. The molecule has 1 aliphatic rings. The van der Waals surface area contributed by atoms with Crippen molar-refractivity contribution in [1.82, 2.24) is 9.97 Å². The van der Waals surface area contributed by atoms with Gasteiger partial charge in [-0.2, -0.15) is 0 Å². The van der Waals surface area contributed by atoms with E-state index in [2.05, 4.69) is 27.2 Å². The Kier molecular flexibility index (Phi) is 5.45. The minimum atomic E-state index is 0.459. The van der Waals surface area contributed by atoms with Gasteiger partial charge in [0.05, 0.1) is 6.61 Å². The van der Waals surface area contributed by atoms with E-state index >= 15 is 0 Å². The number of methoxy groups -OCH3 is 1. The summed E-state index contributed by atoms with van der Waals surface area (Å²) in [5, 5.41) is 0.723. The summed E-state index contributed by atoms with van der Waals surface area (Å²) in [7, 11) is 1.72. The standard InChI is InChI=1S/C13H23N5OS/c1-9(10-4-5-10)18(6-7-19-2)12-8-11(17-14)15-13(16-12)20-3/h8-10H,4-7,14H2,1-3H3,(H,15,16,17). The number of aromatic nitrogens is 2. The first-order valence-corrected chi connectivity index (χ1v) is 8.07. The Morgan fingerprint density at radius 1 is 1.55 bits per heavy atom. The fourth-order valence-corrected chi connectivity index (χ4v) is 2.65. The average molecular weight is 297 g/mol. The summed E-state index contributed by atoms with van der Waals surface area (Å²) in [4.78, 5) is 11.2. The molecule has 1 atom stereocenters. The Balaban J connectivity index is 2.25. The van der Waals surface area contributed by atoms with E-state index in [4.69, 9.17) is 10.6 Å². The molecular weight excluding hydrogens is 274 g/mol. The van der Waals surface area contributed by atoms with Gasteiger partial charge in [0.15, 0.2) is 5.16 Å². The monoisotopic (exact) mass is 297 g/mol. The molecule has 0 bridgehead atoms. The van der Waals surface area contributed by atoms with Gasteiger partial charge >= 0.3 is 0 Å². The van der Waals surface area contributed by atoms with E-state index in [9.17, 15) is 0 Å². The number of nitrogens with two attached hydrogens (primary N) is 1. The molecule has 1 aliphatic carbocycles. The van der Waals surface area contributed by atoms with E-state index in [-0.39, 0.29) is 0 Å². The SMILES string of the molecule is COCCN(c1cc(NN)nc(SC)n1)C(C)C1CC1. The van der Waals surface area contributed by atoms with E-state index in [0.717, 1.165) is 23.4 Å². The van der Waals surface area contributed by atoms with Gasteiger partial charge in [0.2, 0.25) is 0 Å². The molecule has 0 saturated heterocycles. The van der Waals surface area contributed by atoms with Crippen LogP contribution in [0.4, 0.5) is 11.6 Å². The van der Waals surface area contributed by atoms with E-state index < -0.39 is 0 Å². The summed E-state index contributed by atoms with van der Waals surface area (Å²) in [5.74, 6) is 7.81. The molecule has 0 aromatic carbocycles. The molecule has 7 heteroatoms. The maximum atomic E-state index is 5.50. The third-order valence-electron chi connectivity index (χ3n) is 3.65. The molecule has 3 N–H and O–H groups in total. The first kappa shape index (κ1) is 15.3. The summed E-state index contributed by atoms with van der Waals surface area (Å²) in [6.45, 7) is 3.76. The third-order valence-corrected chi connectivity index (χ3v) is 4.20. The number of hydrogen-bond acceptors (Lipinski definition) is 7. The van der Waals surface area contributed by atoms with Gasteiger partial charge in [-0.15, -0.1) is 0 Å². The van der Waals surface area contributed by atoms with Gasteiger partial charge in [0, 0.05) is 25.8 Å². The van der Waals surface area contributed by atoms with Crippen LogP contribution in [0.2, 0.25) is 0 Å². The minimum absolute atomic E-state index is 0.459. The van der Waals surface area contributed by atoms with Crippen molar-refractivity contribution < 1.29 is 4.74 Å². The molecule has 1 unspecified atom stereocenters. The molecule has 1 saturated carbocycles. The maximum Gasteiger partial charge on any atom is 0.191 e. The van der Waals surface area contributed by atoms with Crippen molar-refractivity contribution in [2.24, 2.45) is 11.8 Å². The Bertz CT molecular complexity index is 419. The largest absolute Gasteiger partial charge is 0.383 e. The number of thioether (sulfide) groups is 1. The highest BCUT2D eigenvalue weighted by molar-refractivity contribution is 7.98. The summed E-state index contributed by atoms with van der Waals surface area (Å²) < 4.78 is 5.23. The summed E-state index contributed by atoms with van der Waals surface area (Å²) >= 11 is 1.51. The van der Waals surface area contributed by atoms with Crippen molar-refractivity contribution >= 4 is 23.4 Å². The normalized spacial score (nSPS) is 16.0. The second-order valence-corrected chi connectivity index (χ2v) is 5.78. The lowest BCUT2D eigenvalue weighted by molar-refractivity contribution is 0.202. The van der Waals surface area contributed by atoms with Crippen LogP contribution in [-0.4, -0.2) is 42.5 Å². The minimum Gasteiger partial charge on any atom is -0.383 e. The molecule has 112 valence electrons. The second-order valence-electron chi connectivity index (χ2n) is 5.01. The zero-order valence-electron chi connectivity index (χ0n) is 12.3. The van der Waals surface area contributed by atoms with Crippen molar-refractivity contribution in [3.8, 4) is 0 Å². The number of nitrogen functional groups attached to an aromatic ring is 1. The first-order chi connectivity index (χ1) is 9.69. The Morgan fingerprint density at radius 2 is 2.30 bits per heavy atom. The smallest absolute Gasteiger partial charge is 0.191 e. The van der Waals surface area contributed by atoms with Crippen LogP contribution in [0.25, 0.3) is 0 Å². The molecule has 20 heavy (non-hydrogen) atoms. The van der Waals surface area contributed by atoms with Crippen LogP contribution in [0, 0.1) is 5.92 Å². The molecule has 1 heterocycles. The Labute approximate surface area is 124 Å². The molecule has 0 amide bonds. The molecule has 0 aliphatic heterocycles. The fraction of sp³-hybridized carbons (Fsp3) is 0.692. The third kappa shape index (κ3) is 3.74. The lowest BCUT2D eigenvalue weighted by Gasteiger charge is -2.30. The number of rotatable bonds is 8. The van der Waals surface area contributed by atoms with Crippen LogP contribution >= 0.6 is 11.8 Å². The number of ether oxygens (including phenoxy) is 1. The van der Waals surface area contributed by atoms with Gasteiger partial charge in [0.1, 0.15) is 11.6 Å². The highest BCUT2D eigenvalue weighted by Crippen LogP contribution is 2.36. The molecule has 0 radical (unpaired) electrons. The highest BCUT2D eigenvalue weighted by Gasteiger charge is 2.32. The summed E-state index contributed by atoms with van der Waals surface area (Å²) in [5.41, 5.74) is 2.61. The van der Waals surface area contributed by atoms with Crippen LogP contribution in [0.5, 0.6) is 0 Å². The lowest BCUT2D eigenvalue weighted by atomic mass is 10.2. The van der Waals surface area contributed by atoms with Crippen molar-refractivity contribution in [1.29, 1.82) is 0 Å². The van der Waals surface area contributed by atoms with Crippen LogP contribution in [0.1, 0.15) is 19.8 Å². The van der Waals surface area contributed by atoms with Crippen molar-refractivity contribution in [2.75, 3.05) is 36.8 Å². The van der Waals surface area contributed by atoms with Gasteiger partial charge < -0.3 is 15.1 Å². The van der Waals surface area contributed by atoms with E-state index in [1.807, 2.05) is 12.3 Å². The fourth-order valence-electron chi connectivity index (χ4n) is 2.27. The maximum absolute atomic E-state index is 5.50. The van der Waals surface area contributed by atoms with E-state index in [1.165, 1.54) is 24.6 Å². The summed E-state index contributed by atoms with van der Waals surface area (Å²) in [6, 6.07) is 2.36. The van der Waals surface area contributed by atoms with Crippen LogP contribution in [0.15, 0.2) is 11.2 Å². The van der Waals surface area contributed by atoms with Crippen LogP contribution in [-0.2, 0) is 4.74 Å². The van der Waals surface area contributed by atoms with Gasteiger partial charge in [0.25, 0.3) is 0 Å². The van der Waals surface area contributed by atoms with Crippen LogP contribution < -0.4 is 16.2 Å². The number of hydrazine groups is 1. The number of anilines is 2. The van der Waals surface area contributed by atoms with E-state index in [1.54, 1.807) is 7.11 Å². The lowest BCUT2D eigenvalue weighted by Crippen LogP contribution is -2.38. The number of nitrogens with zero attached hydrogens (tertiary/aromatic N) is 3. The van der Waals surface area contributed by atoms with Gasteiger partial charge in [-0.3, -0.25) is 0 Å². The molecule has 1 aromatic rings. The van der Waals surface area contributed by atoms with Gasteiger partial charge in [-0.05, 0) is 31.9 Å². The molecular formula is C13H23N5OS. The number of nitrogens with one attached hydrogen (secondary N) is 1. The molecule has 1 aromatic heterocycles.